The second kappa shape index (κ2) is 15.2. The van der Waals surface area contributed by atoms with Gasteiger partial charge in [0.2, 0.25) is 11.8 Å². The van der Waals surface area contributed by atoms with Gasteiger partial charge in [0.05, 0.1) is 0 Å². The van der Waals surface area contributed by atoms with Gasteiger partial charge in [0.1, 0.15) is 0 Å². The zero-order valence-electron chi connectivity index (χ0n) is 15.9. The quantitative estimate of drug-likeness (QED) is 0.314. The Bertz CT molecular complexity index is 353. The molecule has 0 rings (SSSR count). The topological polar surface area (TPSA) is 86.2 Å². The van der Waals surface area contributed by atoms with Gasteiger partial charge in [-0.15, -0.1) is 0 Å². The van der Waals surface area contributed by atoms with Crippen LogP contribution in [0, 0.1) is 0 Å². The fourth-order valence-electron chi connectivity index (χ4n) is 3.01. The van der Waals surface area contributed by atoms with Crippen LogP contribution < -0.4 is 11.5 Å². The lowest BCUT2D eigenvalue weighted by atomic mass is 9.95. The van der Waals surface area contributed by atoms with Crippen molar-refractivity contribution in [2.75, 3.05) is 0 Å². The van der Waals surface area contributed by atoms with E-state index < -0.39 is 11.8 Å². The maximum atomic E-state index is 11.7. The second-order valence-corrected chi connectivity index (χ2v) is 6.72. The van der Waals surface area contributed by atoms with Crippen LogP contribution in [0.4, 0.5) is 0 Å². The number of rotatable bonds is 16. The summed E-state index contributed by atoms with van der Waals surface area (Å²) in [7, 11) is 0. The number of hydrogen-bond donors (Lipinski definition) is 2. The number of unbranched alkanes of at least 4 members (excludes halogenated alkanes) is 10. The summed E-state index contributed by atoms with van der Waals surface area (Å²) < 4.78 is 0. The van der Waals surface area contributed by atoms with Crippen LogP contribution in [-0.2, 0) is 9.59 Å². The number of nitrogens with two attached hydrogens (primary N) is 2. The standard InChI is InChI=1S/C20H38N2O2/c1-3-5-7-9-11-13-15-17(19(21)23)18(20(22)24)16-14-12-10-8-6-4-2/h3-16H2,1-2H3,(H2,21,23)(H2,22,24). The van der Waals surface area contributed by atoms with Crippen molar-refractivity contribution >= 4 is 11.8 Å². The van der Waals surface area contributed by atoms with Crippen LogP contribution in [0.5, 0.6) is 0 Å². The van der Waals surface area contributed by atoms with Crippen LogP contribution >= 0.6 is 0 Å². The summed E-state index contributed by atoms with van der Waals surface area (Å²) in [5.41, 5.74) is 11.9. The molecule has 0 aromatic rings. The number of carbonyl (C=O) groups excluding carboxylic acids is 2. The molecule has 4 nitrogen and oxygen atoms in total. The molecule has 0 atom stereocenters. The highest BCUT2D eigenvalue weighted by Crippen LogP contribution is 2.20. The SMILES string of the molecule is CCCCCCCCC(C(N)=O)=C(CCCCCCCC)C(N)=O. The van der Waals surface area contributed by atoms with Gasteiger partial charge in [-0.1, -0.05) is 78.1 Å². The third-order valence-electron chi connectivity index (χ3n) is 4.52. The predicted octanol–water partition coefficient (Wildman–Crippen LogP) is 4.75. The van der Waals surface area contributed by atoms with Crippen LogP contribution in [0.2, 0.25) is 0 Å². The van der Waals surface area contributed by atoms with Gasteiger partial charge < -0.3 is 11.5 Å². The fraction of sp³-hybridized carbons (Fsp3) is 0.800. The number of amides is 2. The fourth-order valence-corrected chi connectivity index (χ4v) is 3.01. The van der Waals surface area contributed by atoms with Gasteiger partial charge in [-0.2, -0.15) is 0 Å². The Kier molecular flexibility index (Phi) is 14.4. The summed E-state index contributed by atoms with van der Waals surface area (Å²) >= 11 is 0. The molecule has 2 amide bonds. The molecule has 4 heteroatoms. The summed E-state index contributed by atoms with van der Waals surface area (Å²) in [5, 5.41) is 0. The van der Waals surface area contributed by atoms with Gasteiger partial charge in [-0.3, -0.25) is 9.59 Å². The number of hydrogen-bond acceptors (Lipinski definition) is 2. The highest BCUT2D eigenvalue weighted by Gasteiger charge is 2.16. The van der Waals surface area contributed by atoms with E-state index in [4.69, 9.17) is 11.5 Å². The Morgan fingerprint density at radius 2 is 0.833 bits per heavy atom. The predicted molar refractivity (Wildman–Crippen MR) is 101 cm³/mol. The van der Waals surface area contributed by atoms with Crippen LogP contribution in [0.1, 0.15) is 104 Å². The summed E-state index contributed by atoms with van der Waals surface area (Å²) in [5.74, 6) is -0.966. The maximum Gasteiger partial charge on any atom is 0.245 e. The first-order valence-electron chi connectivity index (χ1n) is 9.86. The molecule has 140 valence electrons. The molecule has 24 heavy (non-hydrogen) atoms. The van der Waals surface area contributed by atoms with Gasteiger partial charge in [-0.05, 0) is 25.7 Å². The van der Waals surface area contributed by atoms with Crippen molar-refractivity contribution in [2.45, 2.75) is 104 Å². The Morgan fingerprint density at radius 3 is 1.12 bits per heavy atom. The summed E-state index contributed by atoms with van der Waals surface area (Å²) in [6.07, 6.45) is 14.8. The molecule has 0 aliphatic rings. The van der Waals surface area contributed by atoms with E-state index in [9.17, 15) is 9.59 Å². The first-order chi connectivity index (χ1) is 11.5. The summed E-state index contributed by atoms with van der Waals surface area (Å²) in [4.78, 5) is 23.5. The van der Waals surface area contributed by atoms with E-state index in [2.05, 4.69) is 13.8 Å². The van der Waals surface area contributed by atoms with Crippen molar-refractivity contribution in [2.24, 2.45) is 11.5 Å². The minimum atomic E-state index is -0.483. The van der Waals surface area contributed by atoms with E-state index in [-0.39, 0.29) is 0 Å². The Labute approximate surface area is 148 Å². The van der Waals surface area contributed by atoms with E-state index in [1.807, 2.05) is 0 Å². The van der Waals surface area contributed by atoms with E-state index in [1.165, 1.54) is 51.4 Å². The normalized spacial score (nSPS) is 12.1. The lowest BCUT2D eigenvalue weighted by Gasteiger charge is -2.11. The minimum absolute atomic E-state index is 0.464. The number of primary amides is 2. The van der Waals surface area contributed by atoms with E-state index in [0.717, 1.165) is 25.7 Å². The molecule has 0 saturated heterocycles. The van der Waals surface area contributed by atoms with Crippen molar-refractivity contribution in [3.63, 3.8) is 0 Å². The molecule has 0 radical (unpaired) electrons. The van der Waals surface area contributed by atoms with Crippen molar-refractivity contribution < 1.29 is 9.59 Å². The van der Waals surface area contributed by atoms with Crippen LogP contribution in [-0.4, -0.2) is 11.8 Å². The molecule has 0 saturated carbocycles. The van der Waals surface area contributed by atoms with E-state index in [1.54, 1.807) is 0 Å². The minimum Gasteiger partial charge on any atom is -0.366 e. The molecule has 0 unspecified atom stereocenters. The van der Waals surface area contributed by atoms with Crippen LogP contribution in [0.25, 0.3) is 0 Å². The summed E-state index contributed by atoms with van der Waals surface area (Å²) in [6.45, 7) is 4.38. The first-order valence-corrected chi connectivity index (χ1v) is 9.86. The molecule has 0 spiro atoms. The smallest absolute Gasteiger partial charge is 0.245 e. The zero-order chi connectivity index (χ0) is 18.2. The number of carbonyl (C=O) groups is 2. The second-order valence-electron chi connectivity index (χ2n) is 6.72. The molecule has 4 N–H and O–H groups in total. The third kappa shape index (κ3) is 11.3. The molecule has 0 aromatic carbocycles. The lowest BCUT2D eigenvalue weighted by Crippen LogP contribution is -2.23. The molecule has 0 aliphatic heterocycles. The van der Waals surface area contributed by atoms with Crippen LogP contribution in [0.3, 0.4) is 0 Å². The Balaban J connectivity index is 4.44. The highest BCUT2D eigenvalue weighted by molar-refractivity contribution is 6.03. The molecule has 0 bridgehead atoms. The third-order valence-corrected chi connectivity index (χ3v) is 4.52. The van der Waals surface area contributed by atoms with Gasteiger partial charge in [0.25, 0.3) is 0 Å². The highest BCUT2D eigenvalue weighted by atomic mass is 16.2. The van der Waals surface area contributed by atoms with Gasteiger partial charge in [0, 0.05) is 11.1 Å². The average molecular weight is 339 g/mol. The lowest BCUT2D eigenvalue weighted by molar-refractivity contribution is -0.117. The maximum absolute atomic E-state index is 11.7. The van der Waals surface area contributed by atoms with Gasteiger partial charge in [-0.25, -0.2) is 0 Å². The van der Waals surface area contributed by atoms with Crippen molar-refractivity contribution in [1.82, 2.24) is 0 Å². The molecule has 0 heterocycles. The molecular formula is C20H38N2O2. The Morgan fingerprint density at radius 1 is 0.542 bits per heavy atom. The van der Waals surface area contributed by atoms with Crippen molar-refractivity contribution in [3.8, 4) is 0 Å². The van der Waals surface area contributed by atoms with Crippen molar-refractivity contribution in [1.29, 1.82) is 0 Å². The van der Waals surface area contributed by atoms with E-state index in [0.29, 0.717) is 24.0 Å². The van der Waals surface area contributed by atoms with Crippen molar-refractivity contribution in [3.05, 3.63) is 11.1 Å². The van der Waals surface area contributed by atoms with Crippen LogP contribution in [0.15, 0.2) is 11.1 Å². The first kappa shape index (κ1) is 22.7. The molecular weight excluding hydrogens is 300 g/mol. The van der Waals surface area contributed by atoms with E-state index >= 15 is 0 Å². The largest absolute Gasteiger partial charge is 0.366 e. The summed E-state index contributed by atoms with van der Waals surface area (Å²) in [6, 6.07) is 0. The molecule has 0 fully saturated rings. The van der Waals surface area contributed by atoms with Gasteiger partial charge >= 0.3 is 0 Å². The zero-order valence-corrected chi connectivity index (χ0v) is 15.9. The van der Waals surface area contributed by atoms with Gasteiger partial charge in [0.15, 0.2) is 0 Å². The Hall–Kier alpha value is -1.32. The monoisotopic (exact) mass is 338 g/mol. The average Bonchev–Trinajstić information content (AvgIpc) is 2.54. The molecule has 0 aromatic heterocycles. The molecule has 0 aliphatic carbocycles.